The Morgan fingerprint density at radius 3 is 2.73 bits per heavy atom. The highest BCUT2D eigenvalue weighted by Crippen LogP contribution is 2.51. The van der Waals surface area contributed by atoms with Gasteiger partial charge in [-0.1, -0.05) is 20.3 Å². The van der Waals surface area contributed by atoms with Gasteiger partial charge in [0.25, 0.3) is 0 Å². The van der Waals surface area contributed by atoms with E-state index in [4.69, 9.17) is 6.42 Å². The van der Waals surface area contributed by atoms with Crippen molar-refractivity contribution in [3.63, 3.8) is 0 Å². The molecular weight excluding hydrogens is 134 g/mol. The summed E-state index contributed by atoms with van der Waals surface area (Å²) in [4.78, 5) is 2.20. The summed E-state index contributed by atoms with van der Waals surface area (Å²) in [5.74, 6) is 2.60. The van der Waals surface area contributed by atoms with Gasteiger partial charge in [0.15, 0.2) is 0 Å². The van der Waals surface area contributed by atoms with E-state index in [2.05, 4.69) is 24.8 Å². The van der Waals surface area contributed by atoms with Gasteiger partial charge in [-0.25, -0.2) is 0 Å². The fourth-order valence-electron chi connectivity index (χ4n) is 2.50. The van der Waals surface area contributed by atoms with Crippen LogP contribution in [-0.2, 0) is 0 Å². The first-order chi connectivity index (χ1) is 5.24. The molecule has 1 aliphatic carbocycles. The van der Waals surface area contributed by atoms with Crippen molar-refractivity contribution in [2.45, 2.75) is 26.3 Å². The first kappa shape index (κ1) is 7.03. The van der Waals surface area contributed by atoms with Crippen LogP contribution in [0.1, 0.15) is 20.3 Å². The summed E-state index contributed by atoms with van der Waals surface area (Å²) >= 11 is 0. The summed E-state index contributed by atoms with van der Waals surface area (Å²) in [5, 5.41) is 0. The van der Waals surface area contributed by atoms with Crippen molar-refractivity contribution in [2.75, 3.05) is 6.54 Å². The van der Waals surface area contributed by atoms with E-state index in [1.807, 2.05) is 0 Å². The van der Waals surface area contributed by atoms with Crippen molar-refractivity contribution in [3.8, 4) is 12.5 Å². The molecular formula is C10H15N. The van der Waals surface area contributed by atoms with E-state index in [0.717, 1.165) is 24.3 Å². The molecule has 0 bridgehead atoms. The summed E-state index contributed by atoms with van der Waals surface area (Å²) in [7, 11) is 0. The van der Waals surface area contributed by atoms with Crippen molar-refractivity contribution in [1.82, 2.24) is 4.90 Å². The number of nitrogens with zero attached hydrogens (tertiary/aromatic N) is 1. The Labute approximate surface area is 68.8 Å². The third-order valence-electron chi connectivity index (χ3n) is 3.06. The van der Waals surface area contributed by atoms with Crippen molar-refractivity contribution < 1.29 is 0 Å². The molecule has 0 amide bonds. The minimum absolute atomic E-state index is 0.685. The van der Waals surface area contributed by atoms with Gasteiger partial charge < -0.3 is 4.90 Å². The predicted octanol–water partition coefficient (Wildman–Crippen LogP) is 1.55. The third-order valence-corrected chi connectivity index (χ3v) is 3.06. The zero-order valence-electron chi connectivity index (χ0n) is 7.25. The van der Waals surface area contributed by atoms with Crippen LogP contribution in [0.2, 0.25) is 0 Å². The molecule has 0 spiro atoms. The first-order valence-corrected chi connectivity index (χ1v) is 4.47. The number of hydrogen-bond acceptors (Lipinski definition) is 1. The maximum absolute atomic E-state index is 5.42. The van der Waals surface area contributed by atoms with Gasteiger partial charge in [-0.2, -0.15) is 0 Å². The standard InChI is InChI=1S/C10H15N/c1-4-11-6-8-5-9(8)10(11)7(2)3/h1,7-10H,5-6H2,2-3H3/t8-,9-,10?/m0/s1. The van der Waals surface area contributed by atoms with Crippen LogP contribution in [0.3, 0.4) is 0 Å². The quantitative estimate of drug-likeness (QED) is 0.511. The van der Waals surface area contributed by atoms with Gasteiger partial charge in [0.1, 0.15) is 0 Å². The molecule has 1 heterocycles. The minimum atomic E-state index is 0.685. The van der Waals surface area contributed by atoms with E-state index >= 15 is 0 Å². The van der Waals surface area contributed by atoms with Crippen molar-refractivity contribution in [3.05, 3.63) is 0 Å². The molecule has 2 fully saturated rings. The average molecular weight is 149 g/mol. The molecule has 3 atom stereocenters. The van der Waals surface area contributed by atoms with Gasteiger partial charge in [-0.15, -0.1) is 0 Å². The molecule has 1 aliphatic heterocycles. The lowest BCUT2D eigenvalue weighted by Crippen LogP contribution is -2.33. The van der Waals surface area contributed by atoms with Crippen LogP contribution in [0.5, 0.6) is 0 Å². The Hall–Kier alpha value is -0.640. The highest BCUT2D eigenvalue weighted by molar-refractivity contribution is 5.10. The molecule has 2 aliphatic rings. The van der Waals surface area contributed by atoms with Crippen LogP contribution < -0.4 is 0 Å². The summed E-state index contributed by atoms with van der Waals surface area (Å²) in [6.07, 6.45) is 6.85. The van der Waals surface area contributed by atoms with E-state index in [1.165, 1.54) is 6.42 Å². The van der Waals surface area contributed by atoms with E-state index in [1.54, 1.807) is 0 Å². The van der Waals surface area contributed by atoms with E-state index < -0.39 is 0 Å². The summed E-state index contributed by atoms with van der Waals surface area (Å²) < 4.78 is 0. The first-order valence-electron chi connectivity index (χ1n) is 4.47. The maximum atomic E-state index is 5.42. The highest BCUT2D eigenvalue weighted by atomic mass is 15.2. The number of fused-ring (bicyclic) bond motifs is 1. The van der Waals surface area contributed by atoms with E-state index in [9.17, 15) is 0 Å². The van der Waals surface area contributed by atoms with E-state index in [-0.39, 0.29) is 0 Å². The monoisotopic (exact) mass is 149 g/mol. The van der Waals surface area contributed by atoms with Crippen molar-refractivity contribution in [2.24, 2.45) is 17.8 Å². The smallest absolute Gasteiger partial charge is 0.0425 e. The number of rotatable bonds is 1. The van der Waals surface area contributed by atoms with Gasteiger partial charge in [-0.05, 0) is 24.2 Å². The lowest BCUT2D eigenvalue weighted by Gasteiger charge is -2.26. The number of hydrogen-bond donors (Lipinski definition) is 0. The Bertz CT molecular complexity index is 201. The second-order valence-corrected chi connectivity index (χ2v) is 4.18. The van der Waals surface area contributed by atoms with Crippen molar-refractivity contribution in [1.29, 1.82) is 0 Å². The van der Waals surface area contributed by atoms with Crippen molar-refractivity contribution >= 4 is 0 Å². The average Bonchev–Trinajstić information content (AvgIpc) is 2.61. The molecule has 11 heavy (non-hydrogen) atoms. The van der Waals surface area contributed by atoms with Crippen LogP contribution in [0, 0.1) is 30.2 Å². The van der Waals surface area contributed by atoms with Gasteiger partial charge in [0.05, 0.1) is 0 Å². The second kappa shape index (κ2) is 2.17. The molecule has 1 saturated heterocycles. The lowest BCUT2D eigenvalue weighted by atomic mass is 10.00. The maximum Gasteiger partial charge on any atom is 0.0425 e. The Morgan fingerprint density at radius 1 is 1.55 bits per heavy atom. The second-order valence-electron chi connectivity index (χ2n) is 4.18. The Morgan fingerprint density at radius 2 is 2.27 bits per heavy atom. The molecule has 1 nitrogen and oxygen atoms in total. The minimum Gasteiger partial charge on any atom is -0.329 e. The van der Waals surface area contributed by atoms with Gasteiger partial charge in [0.2, 0.25) is 0 Å². The zero-order chi connectivity index (χ0) is 8.01. The Balaban J connectivity index is 2.10. The number of terminal acetylenes is 1. The molecule has 2 rings (SSSR count). The molecule has 60 valence electrons. The molecule has 0 radical (unpaired) electrons. The fraction of sp³-hybridized carbons (Fsp3) is 0.800. The van der Waals surface area contributed by atoms with E-state index in [0.29, 0.717) is 6.04 Å². The predicted molar refractivity (Wildman–Crippen MR) is 45.8 cm³/mol. The Kier molecular flexibility index (Phi) is 1.39. The summed E-state index contributed by atoms with van der Waals surface area (Å²) in [5.41, 5.74) is 0. The van der Waals surface area contributed by atoms with Crippen LogP contribution in [0.15, 0.2) is 0 Å². The van der Waals surface area contributed by atoms with Gasteiger partial charge in [0, 0.05) is 18.6 Å². The molecule has 0 N–H and O–H groups in total. The lowest BCUT2D eigenvalue weighted by molar-refractivity contribution is 0.256. The zero-order valence-corrected chi connectivity index (χ0v) is 7.25. The molecule has 1 heteroatoms. The molecule has 1 unspecified atom stereocenters. The molecule has 0 aromatic rings. The van der Waals surface area contributed by atoms with Crippen LogP contribution in [0.25, 0.3) is 0 Å². The molecule has 0 aromatic carbocycles. The molecule has 1 saturated carbocycles. The topological polar surface area (TPSA) is 3.24 Å². The fourth-order valence-corrected chi connectivity index (χ4v) is 2.50. The summed E-state index contributed by atoms with van der Waals surface area (Å²) in [6, 6.07) is 3.47. The number of likely N-dealkylation sites (tertiary alicyclic amines) is 1. The van der Waals surface area contributed by atoms with Crippen LogP contribution in [-0.4, -0.2) is 17.5 Å². The number of piperidine rings is 1. The largest absolute Gasteiger partial charge is 0.329 e. The van der Waals surface area contributed by atoms with Crippen LogP contribution in [0.4, 0.5) is 0 Å². The van der Waals surface area contributed by atoms with Gasteiger partial charge in [-0.3, -0.25) is 0 Å². The van der Waals surface area contributed by atoms with Gasteiger partial charge >= 0.3 is 0 Å². The highest BCUT2D eigenvalue weighted by Gasteiger charge is 2.52. The SMILES string of the molecule is C#CN1C[C@@H]2C[C@@H]2C1C(C)C. The molecule has 0 aromatic heterocycles. The summed E-state index contributed by atoms with van der Waals surface area (Å²) in [6.45, 7) is 5.70. The third kappa shape index (κ3) is 0.929. The normalized spacial score (nSPS) is 40.5. The van der Waals surface area contributed by atoms with Crippen LogP contribution >= 0.6 is 0 Å².